The van der Waals surface area contributed by atoms with Crippen molar-refractivity contribution in [2.24, 2.45) is 4.99 Å². The number of ether oxygens (including phenoxy) is 1. The van der Waals surface area contributed by atoms with Crippen molar-refractivity contribution in [2.75, 3.05) is 7.11 Å². The van der Waals surface area contributed by atoms with Crippen molar-refractivity contribution in [2.45, 2.75) is 79.5 Å². The third kappa shape index (κ3) is 20.6. The zero-order valence-corrected chi connectivity index (χ0v) is 71.1. The number of hydrogen-bond acceptors (Lipinski definition) is 19. The van der Waals surface area contributed by atoms with Crippen molar-refractivity contribution in [1.82, 2.24) is 98.7 Å². The number of halogens is 2. The van der Waals surface area contributed by atoms with Crippen molar-refractivity contribution in [1.29, 1.82) is 0 Å². The summed E-state index contributed by atoms with van der Waals surface area (Å²) in [4.78, 5) is 108. The monoisotopic (exact) mass is 1760 g/mol. The number of fused-ring (bicyclic) bond motifs is 5. The zero-order chi connectivity index (χ0) is 83.3. The van der Waals surface area contributed by atoms with Gasteiger partial charge >= 0.3 is 0 Å². The van der Waals surface area contributed by atoms with Crippen LogP contribution in [0.4, 0.5) is 5.69 Å². The third-order valence-corrected chi connectivity index (χ3v) is 25.0. The second-order valence-corrected chi connectivity index (χ2v) is 34.2. The molecule has 0 saturated carbocycles. The van der Waals surface area contributed by atoms with Gasteiger partial charge in [0.2, 0.25) is 23.8 Å². The SMILES string of the molecule is CCc1csc(SCc2cc(=O)n(-c3nc4ccccc4[nH]3)[nH]2)n1.COc1cccc(SCc2cc(=O)n(-c3nc4ccccc4[nH]3)[nH]2)c1.Cc1cc(Cl)cc(SCc2cc(=O)n(-c3nc4ccccc4[nH]3)[nH]2)c1.O=c1cc(CSc2cccc(Cl)c2)[nH]n1-c1nc2ccccc2[nH]1.O=c1cc(CSc2ccccn2)[nH]n1C1=Nc2ccccc2C1. The van der Waals surface area contributed by atoms with Crippen LogP contribution in [-0.4, -0.2) is 112 Å². The number of aromatic nitrogens is 20. The fourth-order valence-electron chi connectivity index (χ4n) is 12.6. The number of H-pyrrole nitrogens is 9. The molecule has 121 heavy (non-hydrogen) atoms. The molecule has 0 spiro atoms. The van der Waals surface area contributed by atoms with E-state index in [4.69, 9.17) is 27.9 Å². The highest BCUT2D eigenvalue weighted by Crippen LogP contribution is 2.32. The van der Waals surface area contributed by atoms with Gasteiger partial charge in [-0.05, 0) is 146 Å². The number of pyridine rings is 1. The number of aliphatic imine (C=N–C) groups is 1. The predicted molar refractivity (Wildman–Crippen MR) is 486 cm³/mol. The molecule has 9 N–H and O–H groups in total. The lowest BCUT2D eigenvalue weighted by Gasteiger charge is -2.03. The molecule has 20 rings (SSSR count). The van der Waals surface area contributed by atoms with Crippen molar-refractivity contribution < 1.29 is 4.74 Å². The molecule has 608 valence electrons. The van der Waals surface area contributed by atoms with E-state index in [0.29, 0.717) is 64.0 Å². The number of hydrogen-bond donors (Lipinski definition) is 9. The Morgan fingerprint density at radius 2 is 0.835 bits per heavy atom. The fourth-order valence-corrected chi connectivity index (χ4v) is 18.4. The van der Waals surface area contributed by atoms with Crippen LogP contribution >= 0.6 is 93.3 Å². The highest BCUT2D eigenvalue weighted by molar-refractivity contribution is 8.00. The smallest absolute Gasteiger partial charge is 0.274 e. The van der Waals surface area contributed by atoms with E-state index in [1.807, 2.05) is 207 Å². The van der Waals surface area contributed by atoms with Gasteiger partial charge in [0, 0.05) is 130 Å². The summed E-state index contributed by atoms with van der Waals surface area (Å²) < 4.78 is 13.5. The van der Waals surface area contributed by atoms with Gasteiger partial charge in [-0.25, -0.2) is 39.6 Å². The Labute approximate surface area is 723 Å². The van der Waals surface area contributed by atoms with Crippen molar-refractivity contribution in [3.05, 3.63) is 355 Å². The molecular formula is C86H73Cl2N21O6S6. The maximum Gasteiger partial charge on any atom is 0.274 e. The molecule has 27 nitrogen and oxygen atoms in total. The average Bonchev–Trinajstić information content (AvgIpc) is 1.68. The Morgan fingerprint density at radius 3 is 1.28 bits per heavy atom. The summed E-state index contributed by atoms with van der Waals surface area (Å²) in [6, 6.07) is 73.9. The van der Waals surface area contributed by atoms with Crippen LogP contribution in [0.15, 0.2) is 301 Å². The van der Waals surface area contributed by atoms with Gasteiger partial charge < -0.3 is 24.7 Å². The van der Waals surface area contributed by atoms with Gasteiger partial charge in [-0.1, -0.05) is 127 Å². The highest BCUT2D eigenvalue weighted by atomic mass is 35.5. The van der Waals surface area contributed by atoms with E-state index < -0.39 is 0 Å². The number of aromatic amines is 9. The van der Waals surface area contributed by atoms with E-state index >= 15 is 0 Å². The van der Waals surface area contributed by atoms with Gasteiger partial charge in [0.05, 0.1) is 67.7 Å². The minimum Gasteiger partial charge on any atom is -0.497 e. The standard InChI is InChI=1S/C18H15ClN4OS.C18H16N4O2S.C17H13ClN4OS.C17H14N4OS.C16H15N5OS2/c1-11-6-12(19)8-14(7-11)25-10-13-9-17(24)23(22-13)18-20-15-4-2-3-5-16(15)21-18;1-24-13-5-4-6-14(10-13)25-11-12-9-17(23)22(21-12)18-19-15-7-2-3-8-16(15)20-18;18-11-4-3-5-13(8-11)24-10-12-9-16(23)22(21-12)17-19-14-6-1-2-7-15(14)20-17;22-17-10-13(11-23-16-7-3-4-8-18-16)20-21(17)15-9-12-5-1-2-6-14(12)19-15;1-2-10-8-23-16(17-10)24-9-11-7-14(22)21(20-11)15-18-12-5-3-4-6-13(12)19-15/h2-9,22H,10H2,1H3,(H,20,21);2-10,21H,11H2,1H3,(H,19,20);1-9,21H,10H2,(H,19,20);1-8,10,20H,9,11H2;3-8,20H,2,9H2,1H3,(H,18,19). The van der Waals surface area contributed by atoms with E-state index in [2.05, 4.69) is 98.7 Å². The Kier molecular flexibility index (Phi) is 25.8. The summed E-state index contributed by atoms with van der Waals surface area (Å²) in [5, 5.41) is 20.0. The molecule has 0 amide bonds. The van der Waals surface area contributed by atoms with Crippen LogP contribution in [0.1, 0.15) is 52.2 Å². The van der Waals surface area contributed by atoms with Crippen LogP contribution in [-0.2, 0) is 41.6 Å². The van der Waals surface area contributed by atoms with Crippen molar-refractivity contribution >= 4 is 149 Å². The van der Waals surface area contributed by atoms with Gasteiger partial charge in [0.1, 0.15) is 15.9 Å². The zero-order valence-electron chi connectivity index (χ0n) is 64.6. The summed E-state index contributed by atoms with van der Waals surface area (Å²) in [7, 11) is 1.65. The summed E-state index contributed by atoms with van der Waals surface area (Å²) in [5.74, 6) is 6.79. The first-order chi connectivity index (χ1) is 59.0. The molecule has 8 aromatic carbocycles. The Hall–Kier alpha value is -12.7. The van der Waals surface area contributed by atoms with E-state index in [1.54, 1.807) is 114 Å². The van der Waals surface area contributed by atoms with Crippen LogP contribution in [0.3, 0.4) is 0 Å². The number of imidazole rings is 4. The molecule has 0 aliphatic carbocycles. The number of para-hydroxylation sites is 9. The van der Waals surface area contributed by atoms with Crippen LogP contribution in [0.25, 0.3) is 67.9 Å². The lowest BCUT2D eigenvalue weighted by atomic mass is 10.1. The van der Waals surface area contributed by atoms with Crippen molar-refractivity contribution in [3.8, 4) is 29.5 Å². The maximum atomic E-state index is 12.3. The van der Waals surface area contributed by atoms with Gasteiger partial charge in [0.15, 0.2) is 0 Å². The molecule has 1 aliphatic heterocycles. The second-order valence-electron chi connectivity index (χ2n) is 27.1. The fraction of sp³-hybridized carbons (Fsp3) is 0.116. The number of benzene rings is 8. The van der Waals surface area contributed by atoms with Crippen LogP contribution in [0.5, 0.6) is 5.75 Å². The molecule has 11 aromatic heterocycles. The van der Waals surface area contributed by atoms with E-state index in [0.717, 1.165) is 142 Å². The van der Waals surface area contributed by atoms with Crippen LogP contribution < -0.4 is 32.5 Å². The largest absolute Gasteiger partial charge is 0.497 e. The van der Waals surface area contributed by atoms with Gasteiger partial charge in [0.25, 0.3) is 27.8 Å². The second kappa shape index (κ2) is 38.1. The normalized spacial score (nSPS) is 11.6. The average molecular weight is 1760 g/mol. The Balaban J connectivity index is 0.000000112. The third-order valence-electron chi connectivity index (χ3n) is 18.4. The highest BCUT2D eigenvalue weighted by Gasteiger charge is 2.20. The molecule has 0 radical (unpaired) electrons. The van der Waals surface area contributed by atoms with Gasteiger partial charge in [-0.15, -0.1) is 58.4 Å². The first-order valence-electron chi connectivity index (χ1n) is 37.7. The van der Waals surface area contributed by atoms with Crippen molar-refractivity contribution in [3.63, 3.8) is 0 Å². The summed E-state index contributed by atoms with van der Waals surface area (Å²) in [5.41, 5.74) is 14.8. The lowest BCUT2D eigenvalue weighted by Crippen LogP contribution is -2.24. The molecule has 0 fully saturated rings. The maximum absolute atomic E-state index is 12.3. The minimum absolute atomic E-state index is 0.0758. The number of thiazole rings is 1. The molecule has 19 aromatic rings. The first kappa shape index (κ1) is 82.0. The topological polar surface area (TPSA) is 351 Å². The molecule has 0 saturated heterocycles. The van der Waals surface area contributed by atoms with E-state index in [1.165, 1.54) is 23.4 Å². The predicted octanol–water partition coefficient (Wildman–Crippen LogP) is 18.0. The molecule has 12 heterocycles. The van der Waals surface area contributed by atoms with Gasteiger partial charge in [-0.3, -0.25) is 49.5 Å². The van der Waals surface area contributed by atoms with Crippen LogP contribution in [0, 0.1) is 6.92 Å². The number of nitrogens with one attached hydrogen (secondary N) is 9. The minimum atomic E-state index is -0.143. The van der Waals surface area contributed by atoms with Crippen LogP contribution in [0.2, 0.25) is 10.0 Å². The lowest BCUT2D eigenvalue weighted by molar-refractivity contribution is 0.413. The molecule has 35 heteroatoms. The summed E-state index contributed by atoms with van der Waals surface area (Å²) in [6.45, 7) is 4.10. The number of methoxy groups -OCH3 is 1. The van der Waals surface area contributed by atoms with E-state index in [9.17, 15) is 24.0 Å². The summed E-state index contributed by atoms with van der Waals surface area (Å²) in [6.07, 6.45) is 3.38. The Bertz CT molecular complexity index is 7040. The van der Waals surface area contributed by atoms with E-state index in [-0.39, 0.29) is 27.8 Å². The number of rotatable bonds is 21. The number of aryl methyl sites for hydroxylation is 2. The molecular weight excluding hydrogens is 1690 g/mol. The number of thioether (sulfide) groups is 5. The molecule has 0 bridgehead atoms. The van der Waals surface area contributed by atoms with Gasteiger partial charge in [-0.2, -0.15) is 18.7 Å². The Morgan fingerprint density at radius 1 is 0.413 bits per heavy atom. The quantitative estimate of drug-likeness (QED) is 0.0302. The molecule has 1 aliphatic rings. The number of nitrogens with zero attached hydrogens (tertiary/aromatic N) is 12. The molecule has 0 unspecified atom stereocenters. The first-order valence-corrected chi connectivity index (χ1v) is 44.3. The molecule has 0 atom stereocenters. The summed E-state index contributed by atoms with van der Waals surface area (Å²) >= 11 is 21.8.